The van der Waals surface area contributed by atoms with Crippen LogP contribution in [0.2, 0.25) is 0 Å². The van der Waals surface area contributed by atoms with E-state index in [1.54, 1.807) is 22.3 Å². The molecular formula is C38H36N4S2. The van der Waals surface area contributed by atoms with E-state index < -0.39 is 5.92 Å². The van der Waals surface area contributed by atoms with Crippen molar-refractivity contribution in [1.29, 1.82) is 21.0 Å². The van der Waals surface area contributed by atoms with Crippen LogP contribution >= 0.6 is 22.7 Å². The lowest BCUT2D eigenvalue weighted by Gasteiger charge is -2.44. The Hall–Kier alpha value is -3.42. The highest BCUT2D eigenvalue weighted by Gasteiger charge is 2.58. The Kier molecular flexibility index (Phi) is 6.58. The normalized spacial score (nSPS) is 22.7. The number of nitrogens with zero attached hydrogens (tertiary/aromatic N) is 4. The molecule has 6 aliphatic carbocycles. The van der Waals surface area contributed by atoms with Crippen LogP contribution in [0.3, 0.4) is 0 Å². The molecule has 0 radical (unpaired) electrons. The molecule has 8 rings (SSSR count). The van der Waals surface area contributed by atoms with E-state index in [4.69, 9.17) is 0 Å². The first-order chi connectivity index (χ1) is 21.5. The van der Waals surface area contributed by atoms with Crippen LogP contribution in [-0.2, 0) is 16.2 Å². The summed E-state index contributed by atoms with van der Waals surface area (Å²) in [6.07, 6.45) is 25.1. The summed E-state index contributed by atoms with van der Waals surface area (Å²) in [5.41, 5.74) is 9.01. The molecule has 2 heterocycles. The van der Waals surface area contributed by atoms with Crippen molar-refractivity contribution in [3.05, 3.63) is 54.8 Å². The fraction of sp³-hybridized carbons (Fsp3) is 0.526. The number of hydrogen-bond acceptors (Lipinski definition) is 6. The SMILES string of the molecule is N#CC(C#N)=CC1=Cc2sc3c(c2C12CCCCC2)C1(CCCCC1)c1c-3sc2c1C1(CCCCC1)C(CC(C#N)C#N)=C2. The molecule has 6 aliphatic rings. The summed E-state index contributed by atoms with van der Waals surface area (Å²) >= 11 is 3.97. The highest BCUT2D eigenvalue weighted by Crippen LogP contribution is 2.71. The quantitative estimate of drug-likeness (QED) is 0.322. The van der Waals surface area contributed by atoms with E-state index in [9.17, 15) is 21.0 Å². The molecule has 0 aromatic carbocycles. The molecule has 0 N–H and O–H groups in total. The zero-order chi connectivity index (χ0) is 30.1. The minimum absolute atomic E-state index is 0.0133. The van der Waals surface area contributed by atoms with Gasteiger partial charge in [-0.15, -0.1) is 22.7 Å². The monoisotopic (exact) mass is 612 g/mol. The second-order valence-electron chi connectivity index (χ2n) is 14.1. The first-order valence-corrected chi connectivity index (χ1v) is 18.3. The van der Waals surface area contributed by atoms with Gasteiger partial charge in [0, 0.05) is 35.8 Å². The van der Waals surface area contributed by atoms with Crippen molar-refractivity contribution >= 4 is 34.8 Å². The summed E-state index contributed by atoms with van der Waals surface area (Å²) in [6, 6.07) is 8.84. The first kappa shape index (κ1) is 28.1. The molecule has 4 nitrogen and oxygen atoms in total. The third kappa shape index (κ3) is 3.63. The lowest BCUT2D eigenvalue weighted by atomic mass is 9.58. The third-order valence-corrected chi connectivity index (χ3v) is 14.6. The van der Waals surface area contributed by atoms with Gasteiger partial charge in [-0.05, 0) is 91.0 Å². The molecule has 0 unspecified atom stereocenters. The average molecular weight is 613 g/mol. The second kappa shape index (κ2) is 10.3. The summed E-state index contributed by atoms with van der Waals surface area (Å²) < 4.78 is 0. The van der Waals surface area contributed by atoms with E-state index in [1.807, 2.05) is 28.7 Å². The Labute approximate surface area is 268 Å². The van der Waals surface area contributed by atoms with Crippen molar-refractivity contribution in [1.82, 2.24) is 0 Å². The topological polar surface area (TPSA) is 95.2 Å². The molecule has 3 fully saturated rings. The average Bonchev–Trinajstić information content (AvgIpc) is 3.82. The fourth-order valence-corrected chi connectivity index (χ4v) is 13.4. The Bertz CT molecular complexity index is 1800. The summed E-state index contributed by atoms with van der Waals surface area (Å²) in [6.45, 7) is 0. The summed E-state index contributed by atoms with van der Waals surface area (Å²) in [5.74, 6) is -0.592. The molecular weight excluding hydrogens is 577 g/mol. The van der Waals surface area contributed by atoms with Gasteiger partial charge in [-0.25, -0.2) is 0 Å². The van der Waals surface area contributed by atoms with Crippen molar-refractivity contribution in [2.75, 3.05) is 0 Å². The number of nitriles is 4. The van der Waals surface area contributed by atoms with Gasteiger partial charge in [0.25, 0.3) is 0 Å². The Morgan fingerprint density at radius 1 is 0.636 bits per heavy atom. The van der Waals surface area contributed by atoms with Gasteiger partial charge in [-0.2, -0.15) is 21.0 Å². The standard InChI is InChI=1S/C38H36N4S2/c39-20-24(21-40)16-26-18-28-30(36(26)10-4-1-5-11-36)32-34(43-28)35-33(38(32)14-8-3-9-15-38)31-29(44-35)19-27(17-25(22-41)23-42)37(31)12-6-2-7-13-37/h16,18-19,25H,1-15,17H2. The van der Waals surface area contributed by atoms with Gasteiger partial charge in [-0.1, -0.05) is 63.4 Å². The predicted molar refractivity (Wildman–Crippen MR) is 176 cm³/mol. The molecule has 3 saturated carbocycles. The van der Waals surface area contributed by atoms with Gasteiger partial charge in [-0.3, -0.25) is 0 Å². The molecule has 0 aliphatic heterocycles. The predicted octanol–water partition coefficient (Wildman–Crippen LogP) is 10.3. The third-order valence-electron chi connectivity index (χ3n) is 12.1. The minimum Gasteiger partial charge on any atom is -0.197 e. The van der Waals surface area contributed by atoms with Crippen LogP contribution in [0.5, 0.6) is 0 Å². The Morgan fingerprint density at radius 2 is 1.11 bits per heavy atom. The van der Waals surface area contributed by atoms with Gasteiger partial charge < -0.3 is 0 Å². The van der Waals surface area contributed by atoms with Gasteiger partial charge in [0.2, 0.25) is 0 Å². The van der Waals surface area contributed by atoms with Crippen molar-refractivity contribution in [3.8, 4) is 34.0 Å². The first-order valence-electron chi connectivity index (χ1n) is 16.7. The van der Waals surface area contributed by atoms with Crippen LogP contribution in [0.1, 0.15) is 135 Å². The Balaban J connectivity index is 1.35. The molecule has 0 amide bonds. The fourth-order valence-electron chi connectivity index (χ4n) is 10.4. The van der Waals surface area contributed by atoms with Crippen molar-refractivity contribution in [2.24, 2.45) is 5.92 Å². The minimum atomic E-state index is -0.592. The maximum Gasteiger partial charge on any atom is 0.137 e. The van der Waals surface area contributed by atoms with E-state index in [0.717, 1.165) is 25.7 Å². The maximum absolute atomic E-state index is 9.76. The number of fused-ring (bicyclic) bond motifs is 11. The van der Waals surface area contributed by atoms with Crippen molar-refractivity contribution in [3.63, 3.8) is 0 Å². The zero-order valence-electron chi connectivity index (χ0n) is 25.2. The maximum atomic E-state index is 9.76. The summed E-state index contributed by atoms with van der Waals surface area (Å²) in [5, 5.41) is 38.9. The van der Waals surface area contributed by atoms with Crippen LogP contribution in [0, 0.1) is 51.2 Å². The van der Waals surface area contributed by atoms with Gasteiger partial charge in [0.1, 0.15) is 23.6 Å². The van der Waals surface area contributed by atoms with E-state index in [-0.39, 0.29) is 21.8 Å². The summed E-state index contributed by atoms with van der Waals surface area (Å²) in [4.78, 5) is 5.79. The highest BCUT2D eigenvalue weighted by molar-refractivity contribution is 7.23. The molecule has 0 bridgehead atoms. The smallest absolute Gasteiger partial charge is 0.137 e. The number of rotatable bonds is 3. The van der Waals surface area contributed by atoms with Crippen LogP contribution in [-0.4, -0.2) is 0 Å². The molecule has 2 aromatic rings. The molecule has 0 saturated heterocycles. The number of thiophene rings is 2. The van der Waals surface area contributed by atoms with Crippen LogP contribution in [0.15, 0.2) is 22.8 Å². The molecule has 2 aromatic heterocycles. The molecule has 0 atom stereocenters. The van der Waals surface area contributed by atoms with Crippen molar-refractivity contribution in [2.45, 2.75) is 119 Å². The van der Waals surface area contributed by atoms with Gasteiger partial charge in [0.05, 0.1) is 12.1 Å². The summed E-state index contributed by atoms with van der Waals surface area (Å²) in [7, 11) is 0. The van der Waals surface area contributed by atoms with Crippen LogP contribution < -0.4 is 0 Å². The van der Waals surface area contributed by atoms with Crippen LogP contribution in [0.25, 0.3) is 21.9 Å². The number of allylic oxidation sites excluding steroid dienone is 4. The zero-order valence-corrected chi connectivity index (χ0v) is 26.9. The largest absolute Gasteiger partial charge is 0.197 e. The Morgan fingerprint density at radius 3 is 1.64 bits per heavy atom. The molecule has 6 heteroatoms. The van der Waals surface area contributed by atoms with E-state index in [1.165, 1.54) is 101 Å². The van der Waals surface area contributed by atoms with Crippen molar-refractivity contribution < 1.29 is 0 Å². The second-order valence-corrected chi connectivity index (χ2v) is 16.2. The van der Waals surface area contributed by atoms with Gasteiger partial charge in [0.15, 0.2) is 0 Å². The lowest BCUT2D eigenvalue weighted by Crippen LogP contribution is -2.37. The van der Waals surface area contributed by atoms with E-state index in [0.29, 0.717) is 6.42 Å². The van der Waals surface area contributed by atoms with Crippen LogP contribution in [0.4, 0.5) is 0 Å². The number of hydrogen-bond donors (Lipinski definition) is 0. The van der Waals surface area contributed by atoms with E-state index >= 15 is 0 Å². The lowest BCUT2D eigenvalue weighted by molar-refractivity contribution is 0.308. The van der Waals surface area contributed by atoms with Gasteiger partial charge >= 0.3 is 0 Å². The highest BCUT2D eigenvalue weighted by atomic mass is 32.1. The molecule has 44 heavy (non-hydrogen) atoms. The molecule has 220 valence electrons. The molecule has 3 spiro atoms. The van der Waals surface area contributed by atoms with E-state index in [2.05, 4.69) is 36.4 Å².